The van der Waals surface area contributed by atoms with Gasteiger partial charge in [0.15, 0.2) is 8.32 Å². The Morgan fingerprint density at radius 1 is 1.27 bits per heavy atom. The lowest BCUT2D eigenvalue weighted by atomic mass is 10.2. The lowest BCUT2D eigenvalue weighted by Gasteiger charge is -2.40. The van der Waals surface area contributed by atoms with Crippen molar-refractivity contribution in [3.63, 3.8) is 0 Å². The third-order valence-corrected chi connectivity index (χ3v) is 8.64. The number of alkyl carbamates (subject to hydrolysis) is 1. The van der Waals surface area contributed by atoms with Crippen LogP contribution in [0.4, 0.5) is 4.79 Å². The molecule has 0 saturated heterocycles. The minimum absolute atomic E-state index is 0.0644. The number of amides is 1. The molecule has 0 saturated carbocycles. The van der Waals surface area contributed by atoms with Crippen molar-refractivity contribution in [1.29, 1.82) is 0 Å². The van der Waals surface area contributed by atoms with Crippen molar-refractivity contribution in [3.05, 3.63) is 12.7 Å². The van der Waals surface area contributed by atoms with Crippen LogP contribution >= 0.6 is 11.6 Å². The van der Waals surface area contributed by atoms with E-state index in [-0.39, 0.29) is 16.5 Å². The quantitative estimate of drug-likeness (QED) is 0.429. The monoisotopic (exact) mass is 349 g/mol. The number of rotatable bonds is 6. The fraction of sp³-hybridized carbons (Fsp3) is 0.812. The molecule has 0 unspecified atom stereocenters. The van der Waals surface area contributed by atoms with Gasteiger partial charge in [0.05, 0.1) is 11.5 Å². The van der Waals surface area contributed by atoms with Gasteiger partial charge in [0.25, 0.3) is 0 Å². The van der Waals surface area contributed by atoms with Gasteiger partial charge in [-0.2, -0.15) is 0 Å². The average Bonchev–Trinajstić information content (AvgIpc) is 2.29. The van der Waals surface area contributed by atoms with Crippen LogP contribution in [0, 0.1) is 0 Å². The van der Waals surface area contributed by atoms with Gasteiger partial charge < -0.3 is 14.5 Å². The predicted molar refractivity (Wildman–Crippen MR) is 96.1 cm³/mol. The van der Waals surface area contributed by atoms with Crippen molar-refractivity contribution < 1.29 is 14.0 Å². The van der Waals surface area contributed by atoms with Crippen molar-refractivity contribution in [2.24, 2.45) is 0 Å². The first-order valence-electron chi connectivity index (χ1n) is 7.61. The highest BCUT2D eigenvalue weighted by molar-refractivity contribution is 6.74. The first kappa shape index (κ1) is 21.5. The highest BCUT2D eigenvalue weighted by atomic mass is 35.5. The Balaban J connectivity index is 4.82. The second-order valence-corrected chi connectivity index (χ2v) is 13.2. The molecule has 0 fully saturated rings. The average molecular weight is 350 g/mol. The first-order chi connectivity index (χ1) is 9.69. The fourth-order valence-corrected chi connectivity index (χ4v) is 2.99. The Morgan fingerprint density at radius 3 is 2.14 bits per heavy atom. The molecule has 1 amide bonds. The van der Waals surface area contributed by atoms with E-state index in [1.165, 1.54) is 0 Å². The number of hydrogen-bond acceptors (Lipinski definition) is 3. The summed E-state index contributed by atoms with van der Waals surface area (Å²) in [5.74, 6) is 0. The Morgan fingerprint density at radius 2 is 1.77 bits per heavy atom. The van der Waals surface area contributed by atoms with Gasteiger partial charge in [-0.05, 0) is 38.9 Å². The van der Waals surface area contributed by atoms with Crippen molar-refractivity contribution in [3.8, 4) is 0 Å². The van der Waals surface area contributed by atoms with Gasteiger partial charge >= 0.3 is 6.09 Å². The molecule has 130 valence electrons. The number of nitrogens with one attached hydrogen (secondary N) is 1. The third kappa shape index (κ3) is 7.65. The van der Waals surface area contributed by atoms with Crippen molar-refractivity contribution in [1.82, 2.24) is 5.32 Å². The molecule has 0 bridgehead atoms. The number of carbonyl (C=O) groups excluding carboxylic acids is 1. The summed E-state index contributed by atoms with van der Waals surface area (Å²) in [4.78, 5) is 11.8. The van der Waals surface area contributed by atoms with Crippen LogP contribution in [0.25, 0.3) is 0 Å². The maximum Gasteiger partial charge on any atom is 0.407 e. The molecule has 0 aromatic heterocycles. The molecule has 0 aromatic carbocycles. The minimum atomic E-state index is -1.99. The molecule has 2 atom stereocenters. The smallest absolute Gasteiger partial charge is 0.407 e. The van der Waals surface area contributed by atoms with E-state index in [2.05, 4.69) is 45.8 Å². The molecule has 22 heavy (non-hydrogen) atoms. The van der Waals surface area contributed by atoms with Crippen LogP contribution in [0.5, 0.6) is 0 Å². The van der Waals surface area contributed by atoms with Crippen LogP contribution in [0.3, 0.4) is 0 Å². The van der Waals surface area contributed by atoms with Crippen LogP contribution in [0.1, 0.15) is 41.5 Å². The standard InChI is InChI=1S/C16H32ClNO3Si/c1-10-12(17)13(21-22(8,9)16(5,6)7)11-18-14(19)20-15(2,3)4/h10,12-13H,1,11H2,2-9H3,(H,18,19)/t12-,13-/m1/s1. The lowest BCUT2D eigenvalue weighted by molar-refractivity contribution is 0.0498. The number of carbonyl (C=O) groups is 1. The summed E-state index contributed by atoms with van der Waals surface area (Å²) in [6.07, 6.45) is 0.840. The highest BCUT2D eigenvalue weighted by Crippen LogP contribution is 2.37. The first-order valence-corrected chi connectivity index (χ1v) is 11.0. The number of hydrogen-bond donors (Lipinski definition) is 1. The Bertz CT molecular complexity index is 386. The second kappa shape index (κ2) is 7.84. The summed E-state index contributed by atoms with van der Waals surface area (Å²) in [6, 6.07) is 0. The summed E-state index contributed by atoms with van der Waals surface area (Å²) in [5.41, 5.74) is -0.529. The van der Waals surface area contributed by atoms with Crippen molar-refractivity contribution in [2.45, 2.75) is 76.8 Å². The van der Waals surface area contributed by atoms with Gasteiger partial charge in [0, 0.05) is 6.54 Å². The summed E-state index contributed by atoms with van der Waals surface area (Å²) in [7, 11) is -1.99. The van der Waals surface area contributed by atoms with Gasteiger partial charge in [0.1, 0.15) is 5.60 Å². The zero-order chi connectivity index (χ0) is 17.8. The maximum absolute atomic E-state index is 11.8. The van der Waals surface area contributed by atoms with E-state index in [1.54, 1.807) is 6.08 Å². The lowest BCUT2D eigenvalue weighted by Crippen LogP contribution is -2.50. The summed E-state index contributed by atoms with van der Waals surface area (Å²) >= 11 is 6.29. The normalized spacial score (nSPS) is 15.9. The Labute approximate surface area is 141 Å². The van der Waals surface area contributed by atoms with E-state index in [4.69, 9.17) is 20.8 Å². The van der Waals surface area contributed by atoms with E-state index in [0.717, 1.165) is 0 Å². The van der Waals surface area contributed by atoms with Gasteiger partial charge in [-0.15, -0.1) is 18.2 Å². The van der Waals surface area contributed by atoms with Crippen LogP contribution < -0.4 is 5.32 Å². The van der Waals surface area contributed by atoms with E-state index >= 15 is 0 Å². The SMILES string of the molecule is C=C[C@@H](Cl)[C@@H](CNC(=O)OC(C)(C)C)O[Si](C)(C)C(C)(C)C. The van der Waals surface area contributed by atoms with E-state index < -0.39 is 20.0 Å². The molecule has 0 aliphatic rings. The highest BCUT2D eigenvalue weighted by Gasteiger charge is 2.40. The number of halogens is 1. The maximum atomic E-state index is 11.8. The largest absolute Gasteiger partial charge is 0.444 e. The molecule has 0 radical (unpaired) electrons. The molecule has 0 aliphatic heterocycles. The van der Waals surface area contributed by atoms with Crippen LogP contribution in [-0.4, -0.2) is 38.0 Å². The fourth-order valence-electron chi connectivity index (χ4n) is 1.42. The Kier molecular flexibility index (Phi) is 7.65. The molecular weight excluding hydrogens is 318 g/mol. The number of alkyl halides is 1. The third-order valence-electron chi connectivity index (χ3n) is 3.68. The second-order valence-electron chi connectivity index (χ2n) is 7.98. The van der Waals surface area contributed by atoms with Crippen LogP contribution in [0.2, 0.25) is 18.1 Å². The van der Waals surface area contributed by atoms with E-state index in [0.29, 0.717) is 6.54 Å². The molecule has 6 heteroatoms. The van der Waals surface area contributed by atoms with Gasteiger partial charge in [0.2, 0.25) is 0 Å². The molecule has 0 aliphatic carbocycles. The van der Waals surface area contributed by atoms with Crippen molar-refractivity contribution >= 4 is 26.0 Å². The Hall–Kier alpha value is -0.523. The predicted octanol–water partition coefficient (Wildman–Crippen LogP) is 4.69. The zero-order valence-electron chi connectivity index (χ0n) is 15.2. The zero-order valence-corrected chi connectivity index (χ0v) is 17.0. The summed E-state index contributed by atoms with van der Waals surface area (Å²) in [6.45, 7) is 20.3. The molecular formula is C16H32ClNO3Si. The summed E-state index contributed by atoms with van der Waals surface area (Å²) < 4.78 is 11.5. The molecule has 0 spiro atoms. The van der Waals surface area contributed by atoms with Crippen molar-refractivity contribution in [2.75, 3.05) is 6.54 Å². The molecule has 0 heterocycles. The molecule has 1 N–H and O–H groups in total. The summed E-state index contributed by atoms with van der Waals surface area (Å²) in [5, 5.41) is 2.43. The minimum Gasteiger partial charge on any atom is -0.444 e. The van der Waals surface area contributed by atoms with Gasteiger partial charge in [-0.1, -0.05) is 26.8 Å². The van der Waals surface area contributed by atoms with E-state index in [9.17, 15) is 4.79 Å². The molecule has 0 rings (SSSR count). The van der Waals surface area contributed by atoms with Crippen LogP contribution in [-0.2, 0) is 9.16 Å². The van der Waals surface area contributed by atoms with Crippen LogP contribution in [0.15, 0.2) is 12.7 Å². The molecule has 0 aromatic rings. The molecule has 4 nitrogen and oxygen atoms in total. The van der Waals surface area contributed by atoms with E-state index in [1.807, 2.05) is 20.8 Å². The topological polar surface area (TPSA) is 47.6 Å². The number of ether oxygens (including phenoxy) is 1. The van der Waals surface area contributed by atoms with Gasteiger partial charge in [-0.25, -0.2) is 4.79 Å². The van der Waals surface area contributed by atoms with Gasteiger partial charge in [-0.3, -0.25) is 0 Å².